The normalized spacial score (nSPS) is 11.2. The SMILES string of the molecule is CCCNc1cc(C(=O)NCCS(=O)(=O)NC)c(Cl)cn1. The Kier molecular flexibility index (Phi) is 6.86. The Bertz CT molecular complexity index is 592. The van der Waals surface area contributed by atoms with Crippen molar-refractivity contribution >= 4 is 33.3 Å². The first-order chi connectivity index (χ1) is 9.89. The van der Waals surface area contributed by atoms with E-state index < -0.39 is 15.9 Å². The van der Waals surface area contributed by atoms with Gasteiger partial charge < -0.3 is 10.6 Å². The summed E-state index contributed by atoms with van der Waals surface area (Å²) >= 11 is 5.94. The smallest absolute Gasteiger partial charge is 0.253 e. The Hall–Kier alpha value is -1.38. The molecular formula is C12H19ClN4O3S. The van der Waals surface area contributed by atoms with Gasteiger partial charge in [-0.25, -0.2) is 18.1 Å². The lowest BCUT2D eigenvalue weighted by molar-refractivity contribution is 0.0956. The van der Waals surface area contributed by atoms with Crippen LogP contribution in [0.5, 0.6) is 0 Å². The van der Waals surface area contributed by atoms with E-state index in [1.54, 1.807) is 6.07 Å². The van der Waals surface area contributed by atoms with Crippen LogP contribution >= 0.6 is 11.6 Å². The molecule has 7 nitrogen and oxygen atoms in total. The third kappa shape index (κ3) is 5.86. The largest absolute Gasteiger partial charge is 0.370 e. The van der Waals surface area contributed by atoms with Crippen molar-refractivity contribution in [3.8, 4) is 0 Å². The highest BCUT2D eigenvalue weighted by Gasteiger charge is 2.13. The molecule has 1 heterocycles. The van der Waals surface area contributed by atoms with Gasteiger partial charge in [-0.1, -0.05) is 18.5 Å². The highest BCUT2D eigenvalue weighted by Crippen LogP contribution is 2.17. The van der Waals surface area contributed by atoms with Gasteiger partial charge in [-0.3, -0.25) is 4.79 Å². The van der Waals surface area contributed by atoms with E-state index in [9.17, 15) is 13.2 Å². The summed E-state index contributed by atoms with van der Waals surface area (Å²) in [4.78, 5) is 16.1. The second kappa shape index (κ2) is 8.16. The van der Waals surface area contributed by atoms with Gasteiger partial charge in [0.15, 0.2) is 0 Å². The number of amides is 1. The zero-order valence-electron chi connectivity index (χ0n) is 11.9. The van der Waals surface area contributed by atoms with Crippen LogP contribution in [0.4, 0.5) is 5.82 Å². The van der Waals surface area contributed by atoms with Crippen LogP contribution in [0.1, 0.15) is 23.7 Å². The quantitative estimate of drug-likeness (QED) is 0.654. The molecule has 0 radical (unpaired) electrons. The molecule has 0 atom stereocenters. The van der Waals surface area contributed by atoms with Crippen LogP contribution in [0.15, 0.2) is 12.3 Å². The van der Waals surface area contributed by atoms with Gasteiger partial charge in [-0.15, -0.1) is 0 Å². The van der Waals surface area contributed by atoms with Gasteiger partial charge in [0, 0.05) is 19.3 Å². The van der Waals surface area contributed by atoms with Crippen molar-refractivity contribution in [1.82, 2.24) is 15.0 Å². The van der Waals surface area contributed by atoms with Crippen molar-refractivity contribution in [2.24, 2.45) is 0 Å². The molecule has 0 fully saturated rings. The molecule has 9 heteroatoms. The molecule has 0 saturated carbocycles. The van der Waals surface area contributed by atoms with Gasteiger partial charge >= 0.3 is 0 Å². The Balaban J connectivity index is 2.68. The fraction of sp³-hybridized carbons (Fsp3) is 0.500. The summed E-state index contributed by atoms with van der Waals surface area (Å²) in [5.74, 6) is -0.0821. The zero-order chi connectivity index (χ0) is 15.9. The highest BCUT2D eigenvalue weighted by atomic mass is 35.5. The number of hydrogen-bond acceptors (Lipinski definition) is 5. The van der Waals surface area contributed by atoms with Crippen LogP contribution < -0.4 is 15.4 Å². The number of anilines is 1. The fourth-order valence-electron chi connectivity index (χ4n) is 1.46. The summed E-state index contributed by atoms with van der Waals surface area (Å²) in [7, 11) is -2.03. The van der Waals surface area contributed by atoms with E-state index in [1.807, 2.05) is 6.92 Å². The van der Waals surface area contributed by atoms with Gasteiger partial charge in [0.05, 0.1) is 16.3 Å². The number of hydrogen-bond donors (Lipinski definition) is 3. The summed E-state index contributed by atoms with van der Waals surface area (Å²) in [5, 5.41) is 5.78. The predicted octanol–water partition coefficient (Wildman–Crippen LogP) is 0.836. The minimum Gasteiger partial charge on any atom is -0.370 e. The van der Waals surface area contributed by atoms with Gasteiger partial charge in [-0.05, 0) is 19.5 Å². The first-order valence-corrected chi connectivity index (χ1v) is 8.51. The minimum atomic E-state index is -3.35. The second-order valence-electron chi connectivity index (χ2n) is 4.26. The maximum Gasteiger partial charge on any atom is 0.253 e. The maximum absolute atomic E-state index is 12.0. The average molecular weight is 335 g/mol. The van der Waals surface area contributed by atoms with E-state index >= 15 is 0 Å². The van der Waals surface area contributed by atoms with E-state index in [0.29, 0.717) is 5.82 Å². The molecule has 21 heavy (non-hydrogen) atoms. The van der Waals surface area contributed by atoms with Gasteiger partial charge in [0.25, 0.3) is 5.91 Å². The van der Waals surface area contributed by atoms with Crippen LogP contribution in [-0.2, 0) is 10.0 Å². The van der Waals surface area contributed by atoms with Gasteiger partial charge in [0.2, 0.25) is 10.0 Å². The Morgan fingerprint density at radius 1 is 1.38 bits per heavy atom. The monoisotopic (exact) mass is 334 g/mol. The number of pyridine rings is 1. The van der Waals surface area contributed by atoms with Crippen molar-refractivity contribution in [3.63, 3.8) is 0 Å². The second-order valence-corrected chi connectivity index (χ2v) is 6.71. The lowest BCUT2D eigenvalue weighted by Gasteiger charge is -2.09. The number of halogens is 1. The Morgan fingerprint density at radius 2 is 2.10 bits per heavy atom. The molecule has 1 aromatic rings. The first kappa shape index (κ1) is 17.7. The first-order valence-electron chi connectivity index (χ1n) is 6.48. The highest BCUT2D eigenvalue weighted by molar-refractivity contribution is 7.89. The summed E-state index contributed by atoms with van der Waals surface area (Å²) in [6.45, 7) is 2.74. The number of carbonyl (C=O) groups is 1. The van der Waals surface area contributed by atoms with Crippen molar-refractivity contribution < 1.29 is 13.2 Å². The molecule has 1 amide bonds. The molecule has 118 valence electrons. The summed E-state index contributed by atoms with van der Waals surface area (Å²) in [6.07, 6.45) is 2.31. The van der Waals surface area contributed by atoms with Crippen molar-refractivity contribution in [3.05, 3.63) is 22.8 Å². The third-order valence-electron chi connectivity index (χ3n) is 2.62. The molecule has 0 saturated heterocycles. The molecule has 1 rings (SSSR count). The molecule has 1 aromatic heterocycles. The van der Waals surface area contributed by atoms with E-state index in [1.165, 1.54) is 13.2 Å². The molecule has 3 N–H and O–H groups in total. The fourth-order valence-corrected chi connectivity index (χ4v) is 2.22. The molecule has 0 bridgehead atoms. The van der Waals surface area contributed by atoms with Crippen LogP contribution in [0.3, 0.4) is 0 Å². The lowest BCUT2D eigenvalue weighted by atomic mass is 10.2. The predicted molar refractivity (Wildman–Crippen MR) is 83.2 cm³/mol. The maximum atomic E-state index is 12.0. The molecule has 0 aromatic carbocycles. The summed E-state index contributed by atoms with van der Waals surface area (Å²) < 4.78 is 24.7. The van der Waals surface area contributed by atoms with E-state index in [0.717, 1.165) is 13.0 Å². The van der Waals surface area contributed by atoms with Crippen molar-refractivity contribution in [2.45, 2.75) is 13.3 Å². The number of nitrogens with one attached hydrogen (secondary N) is 3. The third-order valence-corrected chi connectivity index (χ3v) is 4.29. The van der Waals surface area contributed by atoms with Crippen LogP contribution in [0, 0.1) is 0 Å². The number of nitrogens with zero attached hydrogens (tertiary/aromatic N) is 1. The minimum absolute atomic E-state index is 0.00161. The number of sulfonamides is 1. The molecule has 0 aliphatic heterocycles. The molecular weight excluding hydrogens is 316 g/mol. The Labute approximate surface area is 129 Å². The number of carbonyl (C=O) groups excluding carboxylic acids is 1. The number of aromatic nitrogens is 1. The Morgan fingerprint density at radius 3 is 2.71 bits per heavy atom. The average Bonchev–Trinajstić information content (AvgIpc) is 2.46. The molecule has 0 aliphatic rings. The summed E-state index contributed by atoms with van der Waals surface area (Å²) in [5.41, 5.74) is 0.257. The van der Waals surface area contributed by atoms with Crippen LogP contribution in [-0.4, -0.2) is 45.2 Å². The van der Waals surface area contributed by atoms with Crippen LogP contribution in [0.2, 0.25) is 5.02 Å². The van der Waals surface area contributed by atoms with E-state index in [-0.39, 0.29) is 22.9 Å². The van der Waals surface area contributed by atoms with Crippen molar-refractivity contribution in [2.75, 3.05) is 31.2 Å². The van der Waals surface area contributed by atoms with Gasteiger partial charge in [0.1, 0.15) is 5.82 Å². The topological polar surface area (TPSA) is 100 Å². The van der Waals surface area contributed by atoms with E-state index in [2.05, 4.69) is 20.3 Å². The molecule has 0 aliphatic carbocycles. The van der Waals surface area contributed by atoms with Gasteiger partial charge in [-0.2, -0.15) is 0 Å². The molecule has 0 unspecified atom stereocenters. The number of rotatable bonds is 8. The zero-order valence-corrected chi connectivity index (χ0v) is 13.5. The van der Waals surface area contributed by atoms with Crippen LogP contribution in [0.25, 0.3) is 0 Å². The lowest BCUT2D eigenvalue weighted by Crippen LogP contribution is -2.33. The molecule has 0 spiro atoms. The summed E-state index contributed by atoms with van der Waals surface area (Å²) in [6, 6.07) is 1.54. The standard InChI is InChI=1S/C12H19ClN4O3S/c1-3-4-15-11-7-9(10(13)8-17-11)12(18)16-5-6-21(19,20)14-2/h7-8,14H,3-6H2,1-2H3,(H,15,17)(H,16,18). The van der Waals surface area contributed by atoms with Crippen molar-refractivity contribution in [1.29, 1.82) is 0 Å². The van der Waals surface area contributed by atoms with E-state index in [4.69, 9.17) is 11.6 Å².